The summed E-state index contributed by atoms with van der Waals surface area (Å²) in [6.45, 7) is 7.52. The van der Waals surface area contributed by atoms with Crippen LogP contribution in [0.5, 0.6) is 0 Å². The number of rotatable bonds is 4. The Labute approximate surface area is 129 Å². The largest absolute Gasteiger partial charge is 0.310 e. The van der Waals surface area contributed by atoms with Crippen LogP contribution in [0.15, 0.2) is 12.1 Å². The minimum Gasteiger partial charge on any atom is -0.310 e. The second kappa shape index (κ2) is 7.47. The topological polar surface area (TPSA) is 12.0 Å². The van der Waals surface area contributed by atoms with Crippen molar-refractivity contribution in [3.8, 4) is 0 Å². The molecule has 2 heteroatoms. The minimum atomic E-state index is 0.421. The molecule has 0 aliphatic heterocycles. The zero-order chi connectivity index (χ0) is 14.5. The molecule has 1 saturated carbocycles. The summed E-state index contributed by atoms with van der Waals surface area (Å²) in [6.07, 6.45) is 8.21. The van der Waals surface area contributed by atoms with Gasteiger partial charge in [-0.05, 0) is 61.9 Å². The summed E-state index contributed by atoms with van der Waals surface area (Å²) < 4.78 is 0. The fraction of sp³-hybridized carbons (Fsp3) is 0.667. The summed E-state index contributed by atoms with van der Waals surface area (Å²) in [5.41, 5.74) is 3.94. The van der Waals surface area contributed by atoms with Gasteiger partial charge in [0, 0.05) is 11.1 Å². The fourth-order valence-corrected chi connectivity index (χ4v) is 3.77. The van der Waals surface area contributed by atoms with Crippen molar-refractivity contribution in [1.29, 1.82) is 0 Å². The molecule has 1 N–H and O–H groups in total. The van der Waals surface area contributed by atoms with Gasteiger partial charge in [0.15, 0.2) is 0 Å². The van der Waals surface area contributed by atoms with Gasteiger partial charge in [0.1, 0.15) is 0 Å². The fourth-order valence-electron chi connectivity index (χ4n) is 3.44. The highest BCUT2D eigenvalue weighted by Gasteiger charge is 2.25. The normalized spacial score (nSPS) is 18.8. The Morgan fingerprint density at radius 2 is 1.70 bits per heavy atom. The molecule has 0 aromatic heterocycles. The molecule has 0 heterocycles. The first-order valence-corrected chi connectivity index (χ1v) is 8.51. The lowest BCUT2D eigenvalue weighted by Gasteiger charge is -2.29. The van der Waals surface area contributed by atoms with E-state index in [0.717, 1.165) is 17.5 Å². The van der Waals surface area contributed by atoms with Gasteiger partial charge in [-0.2, -0.15) is 0 Å². The third kappa shape index (κ3) is 3.77. The minimum absolute atomic E-state index is 0.421. The van der Waals surface area contributed by atoms with Crippen molar-refractivity contribution in [1.82, 2.24) is 5.32 Å². The molecule has 0 radical (unpaired) electrons. The molecule has 0 bridgehead atoms. The highest BCUT2D eigenvalue weighted by atomic mass is 35.5. The molecule has 1 aromatic carbocycles. The summed E-state index contributed by atoms with van der Waals surface area (Å²) in [7, 11) is 0. The van der Waals surface area contributed by atoms with Crippen LogP contribution in [0.4, 0.5) is 0 Å². The predicted molar refractivity (Wildman–Crippen MR) is 88.5 cm³/mol. The van der Waals surface area contributed by atoms with Crippen molar-refractivity contribution >= 4 is 11.6 Å². The number of hydrogen-bond acceptors (Lipinski definition) is 1. The molecule has 1 aliphatic carbocycles. The standard InChI is InChI=1S/C18H28ClN/c1-4-20-18(15-9-7-5-6-8-10-15)16-11-13(2)14(3)12-17(16)19/h11-12,15,18,20H,4-10H2,1-3H3. The van der Waals surface area contributed by atoms with E-state index in [9.17, 15) is 0 Å². The first-order valence-electron chi connectivity index (χ1n) is 8.13. The molecule has 0 saturated heterocycles. The third-order valence-electron chi connectivity index (χ3n) is 4.74. The van der Waals surface area contributed by atoms with E-state index in [2.05, 4.69) is 38.2 Å². The Hall–Kier alpha value is -0.530. The average Bonchev–Trinajstić information content (AvgIpc) is 2.69. The molecule has 1 unspecified atom stereocenters. The van der Waals surface area contributed by atoms with Crippen molar-refractivity contribution in [2.24, 2.45) is 5.92 Å². The second-order valence-electron chi connectivity index (χ2n) is 6.24. The van der Waals surface area contributed by atoms with Crippen LogP contribution in [0.1, 0.15) is 68.2 Å². The molecular weight excluding hydrogens is 266 g/mol. The van der Waals surface area contributed by atoms with Gasteiger partial charge in [0.25, 0.3) is 0 Å². The molecule has 112 valence electrons. The Bertz CT molecular complexity index is 433. The van der Waals surface area contributed by atoms with Crippen LogP contribution in [0.3, 0.4) is 0 Å². The lowest BCUT2D eigenvalue weighted by Crippen LogP contribution is -2.28. The molecule has 1 aromatic rings. The summed E-state index contributed by atoms with van der Waals surface area (Å²) in [5, 5.41) is 4.63. The zero-order valence-electron chi connectivity index (χ0n) is 13.1. The highest BCUT2D eigenvalue weighted by molar-refractivity contribution is 6.31. The first-order chi connectivity index (χ1) is 9.63. The summed E-state index contributed by atoms with van der Waals surface area (Å²) in [4.78, 5) is 0. The molecule has 1 nitrogen and oxygen atoms in total. The number of aryl methyl sites for hydroxylation is 2. The van der Waals surface area contributed by atoms with E-state index in [-0.39, 0.29) is 0 Å². The van der Waals surface area contributed by atoms with E-state index < -0.39 is 0 Å². The van der Waals surface area contributed by atoms with Gasteiger partial charge in [0.05, 0.1) is 0 Å². The SMILES string of the molecule is CCNC(c1cc(C)c(C)cc1Cl)C1CCCCCC1. The second-order valence-corrected chi connectivity index (χ2v) is 6.65. The molecule has 1 atom stereocenters. The van der Waals surface area contributed by atoms with Crippen molar-refractivity contribution in [3.63, 3.8) is 0 Å². The number of halogens is 1. The van der Waals surface area contributed by atoms with Crippen molar-refractivity contribution in [3.05, 3.63) is 33.8 Å². The third-order valence-corrected chi connectivity index (χ3v) is 5.07. The van der Waals surface area contributed by atoms with Gasteiger partial charge < -0.3 is 5.32 Å². The molecule has 1 aliphatic rings. The number of benzene rings is 1. The Morgan fingerprint density at radius 1 is 1.10 bits per heavy atom. The van der Waals surface area contributed by atoms with E-state index in [1.165, 1.54) is 55.2 Å². The lowest BCUT2D eigenvalue weighted by molar-refractivity contribution is 0.330. The van der Waals surface area contributed by atoms with Gasteiger partial charge in [-0.3, -0.25) is 0 Å². The molecule has 20 heavy (non-hydrogen) atoms. The van der Waals surface area contributed by atoms with Gasteiger partial charge in [-0.1, -0.05) is 50.3 Å². The Kier molecular flexibility index (Phi) is 5.92. The van der Waals surface area contributed by atoms with Crippen molar-refractivity contribution in [2.45, 2.75) is 65.3 Å². The van der Waals surface area contributed by atoms with Crippen molar-refractivity contribution in [2.75, 3.05) is 6.54 Å². The number of nitrogens with one attached hydrogen (secondary N) is 1. The van der Waals surface area contributed by atoms with Crippen LogP contribution in [-0.4, -0.2) is 6.54 Å². The van der Waals surface area contributed by atoms with E-state index in [1.54, 1.807) is 0 Å². The van der Waals surface area contributed by atoms with Crippen LogP contribution in [-0.2, 0) is 0 Å². The Balaban J connectivity index is 2.29. The van der Waals surface area contributed by atoms with Crippen LogP contribution >= 0.6 is 11.6 Å². The van der Waals surface area contributed by atoms with Gasteiger partial charge in [0.2, 0.25) is 0 Å². The van der Waals surface area contributed by atoms with E-state index in [4.69, 9.17) is 11.6 Å². The summed E-state index contributed by atoms with van der Waals surface area (Å²) in [6, 6.07) is 4.85. The first kappa shape index (κ1) is 15.9. The summed E-state index contributed by atoms with van der Waals surface area (Å²) >= 11 is 6.55. The maximum absolute atomic E-state index is 6.55. The van der Waals surface area contributed by atoms with Crippen LogP contribution < -0.4 is 5.32 Å². The van der Waals surface area contributed by atoms with Crippen LogP contribution in [0.2, 0.25) is 5.02 Å². The maximum Gasteiger partial charge on any atom is 0.0456 e. The van der Waals surface area contributed by atoms with Crippen molar-refractivity contribution < 1.29 is 0 Å². The van der Waals surface area contributed by atoms with E-state index >= 15 is 0 Å². The van der Waals surface area contributed by atoms with Gasteiger partial charge in [-0.25, -0.2) is 0 Å². The molecule has 2 rings (SSSR count). The average molecular weight is 294 g/mol. The molecular formula is C18H28ClN. The molecule has 1 fully saturated rings. The quantitative estimate of drug-likeness (QED) is 0.715. The van der Waals surface area contributed by atoms with Gasteiger partial charge >= 0.3 is 0 Å². The molecule has 0 spiro atoms. The van der Waals surface area contributed by atoms with Gasteiger partial charge in [-0.15, -0.1) is 0 Å². The molecule has 0 amide bonds. The van der Waals surface area contributed by atoms with Crippen LogP contribution in [0, 0.1) is 19.8 Å². The van der Waals surface area contributed by atoms with E-state index in [1.807, 2.05) is 0 Å². The monoisotopic (exact) mass is 293 g/mol. The highest BCUT2D eigenvalue weighted by Crippen LogP contribution is 2.37. The van der Waals surface area contributed by atoms with Crippen LogP contribution in [0.25, 0.3) is 0 Å². The predicted octanol–water partition coefficient (Wildman–Crippen LogP) is 5.58. The maximum atomic E-state index is 6.55. The van der Waals surface area contributed by atoms with E-state index in [0.29, 0.717) is 6.04 Å². The lowest BCUT2D eigenvalue weighted by atomic mass is 9.86. The number of hydrogen-bond donors (Lipinski definition) is 1. The Morgan fingerprint density at radius 3 is 2.30 bits per heavy atom. The zero-order valence-corrected chi connectivity index (χ0v) is 13.9. The smallest absolute Gasteiger partial charge is 0.0456 e. The summed E-state index contributed by atoms with van der Waals surface area (Å²) in [5.74, 6) is 0.733.